The number of aldehydes is 1. The molecule has 4 rings (SSSR count). The first-order valence-electron chi connectivity index (χ1n) is 9.76. The second-order valence-corrected chi connectivity index (χ2v) is 7.61. The molecule has 0 spiro atoms. The number of nitrogens with zero attached hydrogens (tertiary/aromatic N) is 4. The molecule has 0 N–H and O–H groups in total. The highest BCUT2D eigenvalue weighted by Gasteiger charge is 2.25. The van der Waals surface area contributed by atoms with Gasteiger partial charge in [-0.1, -0.05) is 12.1 Å². The molecular formula is C22H24N4O3. The fourth-order valence-electron chi connectivity index (χ4n) is 3.84. The SMILES string of the molecule is CC1CN(c2nc(-c3ccc4cnc(CC=O)cc4c3)cc(=O)n2C)CC(C)O1. The van der Waals surface area contributed by atoms with Gasteiger partial charge in [-0.15, -0.1) is 0 Å². The van der Waals surface area contributed by atoms with E-state index in [1.54, 1.807) is 23.9 Å². The molecule has 1 aromatic carbocycles. The highest BCUT2D eigenvalue weighted by atomic mass is 16.5. The Bertz CT molecular complexity index is 1110. The maximum absolute atomic E-state index is 12.7. The number of benzene rings is 1. The highest BCUT2D eigenvalue weighted by Crippen LogP contribution is 2.25. The molecule has 3 aromatic rings. The number of fused-ring (bicyclic) bond motifs is 1. The van der Waals surface area contributed by atoms with Gasteiger partial charge in [0.25, 0.3) is 5.56 Å². The van der Waals surface area contributed by atoms with Crippen LogP contribution < -0.4 is 10.5 Å². The smallest absolute Gasteiger partial charge is 0.255 e. The van der Waals surface area contributed by atoms with Crippen LogP contribution in [0.5, 0.6) is 0 Å². The van der Waals surface area contributed by atoms with Gasteiger partial charge in [0.15, 0.2) is 0 Å². The summed E-state index contributed by atoms with van der Waals surface area (Å²) in [5, 5.41) is 1.94. The normalized spacial score (nSPS) is 19.5. The molecule has 1 saturated heterocycles. The number of hydrogen-bond donors (Lipinski definition) is 0. The third kappa shape index (κ3) is 3.91. The monoisotopic (exact) mass is 392 g/mol. The molecular weight excluding hydrogens is 368 g/mol. The van der Waals surface area contributed by atoms with Crippen LogP contribution in [-0.4, -0.2) is 46.1 Å². The zero-order valence-corrected chi connectivity index (χ0v) is 16.8. The zero-order valence-electron chi connectivity index (χ0n) is 16.8. The van der Waals surface area contributed by atoms with E-state index < -0.39 is 0 Å². The molecule has 1 aliphatic rings. The van der Waals surface area contributed by atoms with Crippen molar-refractivity contribution in [2.45, 2.75) is 32.5 Å². The first-order valence-corrected chi connectivity index (χ1v) is 9.76. The molecule has 150 valence electrons. The van der Waals surface area contributed by atoms with Crippen LogP contribution in [-0.2, 0) is 23.0 Å². The third-order valence-corrected chi connectivity index (χ3v) is 5.18. The van der Waals surface area contributed by atoms with Crippen LogP contribution in [0.4, 0.5) is 5.95 Å². The van der Waals surface area contributed by atoms with Gasteiger partial charge in [-0.2, -0.15) is 0 Å². The molecule has 0 saturated carbocycles. The Balaban J connectivity index is 1.77. The highest BCUT2D eigenvalue weighted by molar-refractivity contribution is 5.86. The lowest BCUT2D eigenvalue weighted by molar-refractivity contribution is -0.107. The number of aromatic nitrogens is 3. The minimum absolute atomic E-state index is 0.0729. The summed E-state index contributed by atoms with van der Waals surface area (Å²) in [7, 11) is 1.75. The Hall–Kier alpha value is -3.06. The fourth-order valence-corrected chi connectivity index (χ4v) is 3.84. The molecule has 0 aliphatic carbocycles. The molecule has 2 unspecified atom stereocenters. The lowest BCUT2D eigenvalue weighted by Gasteiger charge is -2.36. The van der Waals surface area contributed by atoms with Crippen LogP contribution in [0.15, 0.2) is 41.3 Å². The van der Waals surface area contributed by atoms with E-state index >= 15 is 0 Å². The third-order valence-electron chi connectivity index (χ3n) is 5.18. The summed E-state index contributed by atoms with van der Waals surface area (Å²) in [6.45, 7) is 5.43. The summed E-state index contributed by atoms with van der Waals surface area (Å²) in [5.74, 6) is 0.644. The maximum atomic E-state index is 12.7. The fraction of sp³-hybridized carbons (Fsp3) is 0.364. The number of carbonyl (C=O) groups excluding carboxylic acids is 1. The van der Waals surface area contributed by atoms with Crippen LogP contribution in [0.2, 0.25) is 0 Å². The molecule has 0 radical (unpaired) electrons. The number of rotatable bonds is 4. The summed E-state index contributed by atoms with van der Waals surface area (Å²) in [5.41, 5.74) is 2.10. The lowest BCUT2D eigenvalue weighted by atomic mass is 10.1. The minimum atomic E-state index is -0.103. The van der Waals surface area contributed by atoms with Crippen molar-refractivity contribution in [2.24, 2.45) is 7.05 Å². The predicted octanol–water partition coefficient (Wildman–Crippen LogP) is 2.35. The summed E-state index contributed by atoms with van der Waals surface area (Å²) in [4.78, 5) is 34.7. The average molecular weight is 392 g/mol. The van der Waals surface area contributed by atoms with Gasteiger partial charge >= 0.3 is 0 Å². The maximum Gasteiger partial charge on any atom is 0.255 e. The molecule has 2 aromatic heterocycles. The number of pyridine rings is 1. The van der Waals surface area contributed by atoms with Crippen molar-refractivity contribution in [1.29, 1.82) is 0 Å². The van der Waals surface area contributed by atoms with Gasteiger partial charge in [-0.05, 0) is 31.4 Å². The first-order chi connectivity index (χ1) is 13.9. The van der Waals surface area contributed by atoms with E-state index in [-0.39, 0.29) is 24.2 Å². The van der Waals surface area contributed by atoms with Crippen molar-refractivity contribution in [3.63, 3.8) is 0 Å². The molecule has 29 heavy (non-hydrogen) atoms. The molecule has 0 amide bonds. The van der Waals surface area contributed by atoms with E-state index in [4.69, 9.17) is 9.72 Å². The molecule has 3 heterocycles. The topological polar surface area (TPSA) is 77.3 Å². The van der Waals surface area contributed by atoms with Gasteiger partial charge in [-0.3, -0.25) is 14.3 Å². The van der Waals surface area contributed by atoms with Crippen molar-refractivity contribution in [1.82, 2.24) is 14.5 Å². The van der Waals surface area contributed by atoms with Crippen LogP contribution in [0.25, 0.3) is 22.0 Å². The van der Waals surface area contributed by atoms with Crippen LogP contribution in [0.3, 0.4) is 0 Å². The van der Waals surface area contributed by atoms with Gasteiger partial charge in [0, 0.05) is 55.5 Å². The van der Waals surface area contributed by atoms with Gasteiger partial charge in [-0.25, -0.2) is 4.98 Å². The van der Waals surface area contributed by atoms with Crippen LogP contribution >= 0.6 is 0 Å². The second kappa shape index (κ2) is 7.75. The molecule has 1 aliphatic heterocycles. The van der Waals surface area contributed by atoms with Crippen molar-refractivity contribution < 1.29 is 9.53 Å². The summed E-state index contributed by atoms with van der Waals surface area (Å²) >= 11 is 0. The Morgan fingerprint density at radius 2 is 1.90 bits per heavy atom. The minimum Gasteiger partial charge on any atom is -0.372 e. The predicted molar refractivity (Wildman–Crippen MR) is 112 cm³/mol. The van der Waals surface area contributed by atoms with E-state index in [2.05, 4.69) is 9.88 Å². The Morgan fingerprint density at radius 3 is 2.62 bits per heavy atom. The van der Waals surface area contributed by atoms with Crippen molar-refractivity contribution in [2.75, 3.05) is 18.0 Å². The largest absolute Gasteiger partial charge is 0.372 e. The van der Waals surface area contributed by atoms with Gasteiger partial charge in [0.05, 0.1) is 17.9 Å². The second-order valence-electron chi connectivity index (χ2n) is 7.61. The standard InChI is InChI=1S/C22H24N4O3/c1-14-12-26(13-15(2)29-14)22-24-20(10-21(28)25(22)3)16-4-5-17-11-23-19(6-7-27)9-18(17)8-16/h4-5,7-11,14-15H,6,12-13H2,1-3H3. The molecule has 7 nitrogen and oxygen atoms in total. The van der Waals surface area contributed by atoms with Gasteiger partial charge in [0.1, 0.15) is 6.29 Å². The van der Waals surface area contributed by atoms with Gasteiger partial charge < -0.3 is 14.4 Å². The summed E-state index contributed by atoms with van der Waals surface area (Å²) < 4.78 is 7.40. The van der Waals surface area contributed by atoms with E-state index in [1.165, 1.54) is 0 Å². The molecule has 2 atom stereocenters. The Kier molecular flexibility index (Phi) is 5.15. The van der Waals surface area contributed by atoms with E-state index in [0.29, 0.717) is 24.7 Å². The first kappa shape index (κ1) is 19.3. The van der Waals surface area contributed by atoms with Crippen molar-refractivity contribution in [3.8, 4) is 11.3 Å². The number of ether oxygens (including phenoxy) is 1. The van der Waals surface area contributed by atoms with Crippen LogP contribution in [0.1, 0.15) is 19.5 Å². The average Bonchev–Trinajstić information content (AvgIpc) is 2.69. The summed E-state index contributed by atoms with van der Waals surface area (Å²) in [6, 6.07) is 9.35. The van der Waals surface area contributed by atoms with E-state index in [0.717, 1.165) is 28.3 Å². The quantitative estimate of drug-likeness (QED) is 0.635. The Morgan fingerprint density at radius 1 is 1.14 bits per heavy atom. The molecule has 1 fully saturated rings. The van der Waals surface area contributed by atoms with Crippen LogP contribution in [0, 0.1) is 0 Å². The lowest BCUT2D eigenvalue weighted by Crippen LogP contribution is -2.47. The number of anilines is 1. The molecule has 7 heteroatoms. The Labute approximate surface area is 169 Å². The van der Waals surface area contributed by atoms with E-state index in [1.807, 2.05) is 38.1 Å². The van der Waals surface area contributed by atoms with Crippen molar-refractivity contribution in [3.05, 3.63) is 52.6 Å². The molecule has 0 bridgehead atoms. The van der Waals surface area contributed by atoms with Crippen molar-refractivity contribution >= 4 is 23.0 Å². The summed E-state index contributed by atoms with van der Waals surface area (Å²) in [6.07, 6.45) is 3.03. The van der Waals surface area contributed by atoms with E-state index in [9.17, 15) is 9.59 Å². The van der Waals surface area contributed by atoms with Gasteiger partial charge in [0.2, 0.25) is 5.95 Å². The zero-order chi connectivity index (χ0) is 20.5. The number of hydrogen-bond acceptors (Lipinski definition) is 6. The number of morpholine rings is 1. The number of carbonyl (C=O) groups is 1.